The number of hydrogen-bond acceptors (Lipinski definition) is 3. The molecule has 0 aromatic heterocycles. The lowest BCUT2D eigenvalue weighted by molar-refractivity contribution is -0.135. The van der Waals surface area contributed by atoms with Crippen LogP contribution in [0.2, 0.25) is 0 Å². The van der Waals surface area contributed by atoms with Gasteiger partial charge < -0.3 is 0 Å². The molecule has 0 N–H and O–H groups in total. The number of hydrogen-bond donors (Lipinski definition) is 0. The smallest absolute Gasteiger partial charge is 0.223 e. The standard InChI is InChI=1S/C6H3IO3/c7-5-3(8)1-2-4(9)6(5)10/h1-2,5H. The molecule has 0 fully saturated rings. The minimum absolute atomic E-state index is 0.301. The van der Waals surface area contributed by atoms with E-state index in [2.05, 4.69) is 0 Å². The van der Waals surface area contributed by atoms with Crippen LogP contribution in [0.15, 0.2) is 12.2 Å². The number of carbonyl (C=O) groups is 3. The lowest BCUT2D eigenvalue weighted by Crippen LogP contribution is -2.32. The molecule has 1 rings (SSSR count). The van der Waals surface area contributed by atoms with Crippen LogP contribution in [0.4, 0.5) is 0 Å². The Balaban J connectivity index is 3.00. The Bertz CT molecular complexity index is 241. The summed E-state index contributed by atoms with van der Waals surface area (Å²) in [5, 5.41) is 0. The lowest BCUT2D eigenvalue weighted by Gasteiger charge is -2.05. The predicted molar refractivity (Wildman–Crippen MR) is 42.0 cm³/mol. The van der Waals surface area contributed by atoms with Crippen LogP contribution in [-0.2, 0) is 14.4 Å². The van der Waals surface area contributed by atoms with E-state index < -0.39 is 15.5 Å². The number of Topliss-reactive ketones (excluding diaryl/α,β-unsaturated/α-hetero) is 1. The Morgan fingerprint density at radius 1 is 1.20 bits per heavy atom. The van der Waals surface area contributed by atoms with Gasteiger partial charge in [0.2, 0.25) is 11.6 Å². The zero-order valence-corrected chi connectivity index (χ0v) is 6.99. The quantitative estimate of drug-likeness (QED) is 0.264. The Labute approximate surface area is 70.6 Å². The topological polar surface area (TPSA) is 51.2 Å². The van der Waals surface area contributed by atoms with Crippen LogP contribution >= 0.6 is 22.6 Å². The first-order chi connectivity index (χ1) is 4.63. The van der Waals surface area contributed by atoms with Gasteiger partial charge in [-0.05, 0) is 12.2 Å². The molecule has 0 aromatic rings. The van der Waals surface area contributed by atoms with Crippen LogP contribution in [-0.4, -0.2) is 21.3 Å². The third-order valence-corrected chi connectivity index (χ3v) is 2.30. The van der Waals surface area contributed by atoms with Gasteiger partial charge in [0, 0.05) is 0 Å². The largest absolute Gasteiger partial charge is 0.293 e. The van der Waals surface area contributed by atoms with Gasteiger partial charge >= 0.3 is 0 Å². The van der Waals surface area contributed by atoms with Gasteiger partial charge in [-0.25, -0.2) is 0 Å². The van der Waals surface area contributed by atoms with Crippen LogP contribution in [0, 0.1) is 0 Å². The fraction of sp³-hybridized carbons (Fsp3) is 0.167. The van der Waals surface area contributed by atoms with E-state index in [1.165, 1.54) is 0 Å². The van der Waals surface area contributed by atoms with Crippen molar-refractivity contribution in [3.05, 3.63) is 12.2 Å². The van der Waals surface area contributed by atoms with Crippen LogP contribution in [0.1, 0.15) is 0 Å². The van der Waals surface area contributed by atoms with Crippen LogP contribution in [0.5, 0.6) is 0 Å². The number of alkyl halides is 1. The summed E-state index contributed by atoms with van der Waals surface area (Å²) in [6, 6.07) is 0. The highest BCUT2D eigenvalue weighted by molar-refractivity contribution is 14.1. The minimum atomic E-state index is -0.796. The molecule has 10 heavy (non-hydrogen) atoms. The monoisotopic (exact) mass is 250 g/mol. The fourth-order valence-electron chi connectivity index (χ4n) is 0.579. The summed E-state index contributed by atoms with van der Waals surface area (Å²) in [6.07, 6.45) is 2.15. The molecule has 0 saturated heterocycles. The second-order valence-corrected chi connectivity index (χ2v) is 3.07. The summed E-state index contributed by atoms with van der Waals surface area (Å²) in [4.78, 5) is 31.9. The number of ketones is 3. The van der Waals surface area contributed by atoms with Gasteiger partial charge in [-0.1, -0.05) is 22.6 Å². The van der Waals surface area contributed by atoms with Crippen molar-refractivity contribution >= 4 is 39.9 Å². The molecule has 1 atom stereocenters. The molecular formula is C6H3IO3. The summed E-state index contributed by atoms with van der Waals surface area (Å²) in [7, 11) is 0. The molecule has 0 spiro atoms. The second kappa shape index (κ2) is 2.61. The van der Waals surface area contributed by atoms with Crippen LogP contribution in [0.3, 0.4) is 0 Å². The summed E-state index contributed by atoms with van der Waals surface area (Å²) >= 11 is 1.65. The molecule has 4 heteroatoms. The van der Waals surface area contributed by atoms with E-state index in [0.29, 0.717) is 0 Å². The van der Waals surface area contributed by atoms with E-state index in [4.69, 9.17) is 0 Å². The normalized spacial score (nSPS) is 25.7. The molecule has 0 radical (unpaired) electrons. The van der Waals surface area contributed by atoms with E-state index in [0.717, 1.165) is 12.2 Å². The Kier molecular flexibility index (Phi) is 1.98. The number of rotatable bonds is 0. The van der Waals surface area contributed by atoms with Crippen molar-refractivity contribution in [2.75, 3.05) is 0 Å². The van der Waals surface area contributed by atoms with Gasteiger partial charge in [0.25, 0.3) is 0 Å². The Morgan fingerprint density at radius 3 is 2.30 bits per heavy atom. The molecule has 0 aliphatic heterocycles. The molecule has 0 bridgehead atoms. The van der Waals surface area contributed by atoms with Crippen molar-refractivity contribution in [3.63, 3.8) is 0 Å². The maximum absolute atomic E-state index is 10.7. The van der Waals surface area contributed by atoms with Gasteiger partial charge in [-0.2, -0.15) is 0 Å². The summed E-state index contributed by atoms with van der Waals surface area (Å²) in [5.41, 5.74) is 0. The summed E-state index contributed by atoms with van der Waals surface area (Å²) in [5.74, 6) is -1.50. The first-order valence-electron chi connectivity index (χ1n) is 2.57. The number of carbonyl (C=O) groups excluding carboxylic acids is 3. The van der Waals surface area contributed by atoms with E-state index in [1.54, 1.807) is 22.6 Å². The third kappa shape index (κ3) is 1.16. The van der Waals surface area contributed by atoms with Crippen molar-refractivity contribution in [1.29, 1.82) is 0 Å². The van der Waals surface area contributed by atoms with Gasteiger partial charge in [-0.15, -0.1) is 0 Å². The second-order valence-electron chi connectivity index (χ2n) is 1.83. The van der Waals surface area contributed by atoms with Gasteiger partial charge in [0.15, 0.2) is 5.78 Å². The number of allylic oxidation sites excluding steroid dienone is 2. The van der Waals surface area contributed by atoms with Gasteiger partial charge in [0.1, 0.15) is 3.92 Å². The first-order valence-corrected chi connectivity index (χ1v) is 3.81. The van der Waals surface area contributed by atoms with Crippen molar-refractivity contribution in [2.45, 2.75) is 3.92 Å². The van der Waals surface area contributed by atoms with Crippen molar-refractivity contribution in [3.8, 4) is 0 Å². The molecule has 0 heterocycles. The molecule has 3 nitrogen and oxygen atoms in total. The van der Waals surface area contributed by atoms with E-state index >= 15 is 0 Å². The third-order valence-electron chi connectivity index (χ3n) is 1.12. The fourth-order valence-corrected chi connectivity index (χ4v) is 1.09. The molecule has 1 aliphatic rings. The van der Waals surface area contributed by atoms with E-state index in [9.17, 15) is 14.4 Å². The molecular weight excluding hydrogens is 247 g/mol. The molecule has 1 aliphatic carbocycles. The maximum Gasteiger partial charge on any atom is 0.223 e. The van der Waals surface area contributed by atoms with Crippen LogP contribution < -0.4 is 0 Å². The minimum Gasteiger partial charge on any atom is -0.293 e. The van der Waals surface area contributed by atoms with Crippen molar-refractivity contribution < 1.29 is 14.4 Å². The molecule has 0 amide bonds. The average molecular weight is 250 g/mol. The number of halogens is 1. The zero-order valence-electron chi connectivity index (χ0n) is 4.83. The average Bonchev–Trinajstić information content (AvgIpc) is 1.93. The lowest BCUT2D eigenvalue weighted by atomic mass is 10.0. The summed E-state index contributed by atoms with van der Waals surface area (Å²) < 4.78 is -0.796. The highest BCUT2D eigenvalue weighted by Crippen LogP contribution is 2.09. The zero-order chi connectivity index (χ0) is 7.72. The Hall–Kier alpha value is -0.520. The van der Waals surface area contributed by atoms with E-state index in [-0.39, 0.29) is 5.78 Å². The van der Waals surface area contributed by atoms with Crippen LogP contribution in [0.25, 0.3) is 0 Å². The highest BCUT2D eigenvalue weighted by atomic mass is 127. The SMILES string of the molecule is O=C1C=CC(=O)C(I)C1=O. The van der Waals surface area contributed by atoms with Gasteiger partial charge in [-0.3, -0.25) is 14.4 Å². The van der Waals surface area contributed by atoms with E-state index in [1.807, 2.05) is 0 Å². The first kappa shape index (κ1) is 7.59. The highest BCUT2D eigenvalue weighted by Gasteiger charge is 2.29. The molecule has 52 valence electrons. The molecule has 1 unspecified atom stereocenters. The van der Waals surface area contributed by atoms with Crippen molar-refractivity contribution in [1.82, 2.24) is 0 Å². The maximum atomic E-state index is 10.7. The Morgan fingerprint density at radius 2 is 1.80 bits per heavy atom. The summed E-state index contributed by atoms with van der Waals surface area (Å²) in [6.45, 7) is 0. The molecule has 0 saturated carbocycles. The molecule has 0 aromatic carbocycles. The predicted octanol–water partition coefficient (Wildman–Crippen LogP) is 0.0671. The van der Waals surface area contributed by atoms with Gasteiger partial charge in [0.05, 0.1) is 0 Å². The van der Waals surface area contributed by atoms with Crippen molar-refractivity contribution in [2.24, 2.45) is 0 Å².